The number of rotatable bonds is 6. The number of ether oxygens (including phenoxy) is 1. The number of nitro groups is 1. The van der Waals surface area contributed by atoms with Gasteiger partial charge in [0.15, 0.2) is 4.90 Å². The number of carbonyl (C=O) groups is 1. The monoisotopic (exact) mass is 406 g/mol. The van der Waals surface area contributed by atoms with Gasteiger partial charge in [0, 0.05) is 23.2 Å². The first kappa shape index (κ1) is 19.2. The number of nitro benzene ring substituents is 1. The van der Waals surface area contributed by atoms with Gasteiger partial charge < -0.3 is 4.74 Å². The summed E-state index contributed by atoms with van der Waals surface area (Å²) < 4.78 is 31.3. The highest BCUT2D eigenvalue weighted by atomic mass is 35.5. The molecule has 0 aliphatic carbocycles. The van der Waals surface area contributed by atoms with Crippen LogP contribution < -0.4 is 0 Å². The second-order valence-electron chi connectivity index (χ2n) is 4.76. The van der Waals surface area contributed by atoms with Crippen molar-refractivity contribution in [2.45, 2.75) is 17.7 Å². The third kappa shape index (κ3) is 3.78. The third-order valence-corrected chi connectivity index (χ3v) is 5.38. The van der Waals surface area contributed by atoms with Crippen molar-refractivity contribution in [3.8, 4) is 0 Å². The van der Waals surface area contributed by atoms with Crippen LogP contribution in [0.3, 0.4) is 0 Å². The van der Waals surface area contributed by atoms with Gasteiger partial charge >= 0.3 is 5.97 Å². The van der Waals surface area contributed by atoms with Crippen molar-refractivity contribution in [3.63, 3.8) is 0 Å². The van der Waals surface area contributed by atoms with Crippen LogP contribution in [0.15, 0.2) is 35.4 Å². The molecule has 0 aliphatic heterocycles. The molecular weight excluding hydrogens is 395 g/mol. The summed E-state index contributed by atoms with van der Waals surface area (Å²) in [6, 6.07) is 4.37. The van der Waals surface area contributed by atoms with Crippen LogP contribution in [0.4, 0.5) is 5.69 Å². The largest absolute Gasteiger partial charge is 0.461 e. The highest BCUT2D eigenvalue weighted by molar-refractivity contribution is 7.90. The summed E-state index contributed by atoms with van der Waals surface area (Å²) in [6.07, 6.45) is 1.11. The van der Waals surface area contributed by atoms with Gasteiger partial charge in [0.1, 0.15) is 5.69 Å². The van der Waals surface area contributed by atoms with Crippen LogP contribution in [0.2, 0.25) is 5.02 Å². The van der Waals surface area contributed by atoms with Crippen LogP contribution >= 0.6 is 23.2 Å². The second-order valence-corrected chi connectivity index (χ2v) is 7.24. The predicted molar refractivity (Wildman–Crippen MR) is 90.6 cm³/mol. The quantitative estimate of drug-likeness (QED) is 0.315. The summed E-state index contributed by atoms with van der Waals surface area (Å²) in [7, 11) is -4.49. The minimum absolute atomic E-state index is 0.00779. The van der Waals surface area contributed by atoms with Crippen molar-refractivity contribution in [2.24, 2.45) is 0 Å². The van der Waals surface area contributed by atoms with Gasteiger partial charge in [-0.15, -0.1) is 11.6 Å². The van der Waals surface area contributed by atoms with Crippen LogP contribution in [0.5, 0.6) is 0 Å². The van der Waals surface area contributed by atoms with Crippen molar-refractivity contribution in [1.82, 2.24) is 3.97 Å². The molecule has 0 saturated heterocycles. The Morgan fingerprint density at radius 3 is 2.60 bits per heavy atom. The Hall–Kier alpha value is -2.10. The molecule has 134 valence electrons. The Labute approximate surface area is 153 Å². The number of hydrogen-bond acceptors (Lipinski definition) is 6. The molecular formula is C14H12Cl2N2O6S. The van der Waals surface area contributed by atoms with E-state index in [4.69, 9.17) is 27.9 Å². The average Bonchev–Trinajstić information content (AvgIpc) is 3.00. The van der Waals surface area contributed by atoms with E-state index in [2.05, 4.69) is 0 Å². The number of halogens is 2. The fraction of sp³-hybridized carbons (Fsp3) is 0.214. The SMILES string of the molecule is CCOC(=O)c1cc(CCl)cn1S(=O)(=O)c1cc(Cl)ccc1[N+](=O)[O-]. The molecule has 1 heterocycles. The van der Waals surface area contributed by atoms with Crippen molar-refractivity contribution >= 4 is 44.9 Å². The van der Waals surface area contributed by atoms with Crippen LogP contribution in [0, 0.1) is 10.1 Å². The van der Waals surface area contributed by atoms with E-state index in [0.717, 1.165) is 18.3 Å². The first-order valence-electron chi connectivity index (χ1n) is 6.86. The standard InChI is InChI=1S/C14H12Cl2N2O6S/c1-2-24-14(19)12-5-9(7-15)8-17(12)25(22,23)13-6-10(16)3-4-11(13)18(20)21/h3-6,8H,2,7H2,1H3. The second kappa shape index (κ2) is 7.42. The van der Waals surface area contributed by atoms with E-state index in [1.807, 2.05) is 0 Å². The number of esters is 1. The first-order chi connectivity index (χ1) is 11.7. The summed E-state index contributed by atoms with van der Waals surface area (Å²) in [5.74, 6) is -0.959. The van der Waals surface area contributed by atoms with Crippen molar-refractivity contribution in [3.05, 3.63) is 56.9 Å². The number of alkyl halides is 1. The molecule has 2 aromatic rings. The lowest BCUT2D eigenvalue weighted by Crippen LogP contribution is -2.20. The minimum atomic E-state index is -4.49. The molecule has 25 heavy (non-hydrogen) atoms. The van der Waals surface area contributed by atoms with E-state index in [1.165, 1.54) is 12.1 Å². The van der Waals surface area contributed by atoms with Gasteiger partial charge in [0.05, 0.1) is 11.5 Å². The van der Waals surface area contributed by atoms with Gasteiger partial charge in [-0.2, -0.15) is 0 Å². The van der Waals surface area contributed by atoms with Gasteiger partial charge in [0.2, 0.25) is 0 Å². The zero-order valence-corrected chi connectivity index (χ0v) is 15.1. The number of nitrogens with zero attached hydrogens (tertiary/aromatic N) is 2. The molecule has 0 radical (unpaired) electrons. The molecule has 0 amide bonds. The molecule has 0 fully saturated rings. The molecule has 1 aromatic carbocycles. The van der Waals surface area contributed by atoms with Crippen molar-refractivity contribution in [1.29, 1.82) is 0 Å². The normalized spacial score (nSPS) is 11.3. The van der Waals surface area contributed by atoms with Gasteiger partial charge in [-0.1, -0.05) is 11.6 Å². The Kier molecular flexibility index (Phi) is 5.71. The molecule has 0 unspecified atom stereocenters. The van der Waals surface area contributed by atoms with E-state index >= 15 is 0 Å². The van der Waals surface area contributed by atoms with E-state index < -0.39 is 31.5 Å². The Morgan fingerprint density at radius 1 is 1.36 bits per heavy atom. The molecule has 0 atom stereocenters. The summed E-state index contributed by atoms with van der Waals surface area (Å²) in [5.41, 5.74) is -0.648. The zero-order chi connectivity index (χ0) is 18.8. The van der Waals surface area contributed by atoms with Crippen molar-refractivity contribution < 1.29 is 22.9 Å². The minimum Gasteiger partial charge on any atom is -0.461 e. The lowest BCUT2D eigenvalue weighted by atomic mass is 10.3. The molecule has 0 N–H and O–H groups in total. The number of carbonyl (C=O) groups excluding carboxylic acids is 1. The lowest BCUT2D eigenvalue weighted by molar-refractivity contribution is -0.387. The zero-order valence-electron chi connectivity index (χ0n) is 12.8. The number of aromatic nitrogens is 1. The average molecular weight is 407 g/mol. The van der Waals surface area contributed by atoms with Gasteiger partial charge in [0.25, 0.3) is 15.7 Å². The van der Waals surface area contributed by atoms with Crippen LogP contribution in [-0.2, 0) is 20.6 Å². The van der Waals surface area contributed by atoms with Crippen LogP contribution in [-0.4, -0.2) is 29.9 Å². The summed E-state index contributed by atoms with van der Waals surface area (Å²) in [4.78, 5) is 21.7. The van der Waals surface area contributed by atoms with Crippen molar-refractivity contribution in [2.75, 3.05) is 6.61 Å². The lowest BCUT2D eigenvalue weighted by Gasteiger charge is -2.10. The Morgan fingerprint density at radius 2 is 2.04 bits per heavy atom. The van der Waals surface area contributed by atoms with Gasteiger partial charge in [-0.25, -0.2) is 17.2 Å². The molecule has 1 aromatic heterocycles. The maximum Gasteiger partial charge on any atom is 0.356 e. The number of benzene rings is 1. The maximum atomic E-state index is 12.9. The highest BCUT2D eigenvalue weighted by Gasteiger charge is 2.31. The van der Waals surface area contributed by atoms with E-state index in [-0.39, 0.29) is 23.2 Å². The molecule has 0 aliphatic rings. The summed E-state index contributed by atoms with van der Waals surface area (Å²) >= 11 is 11.5. The fourth-order valence-corrected chi connectivity index (χ4v) is 4.01. The molecule has 11 heteroatoms. The number of hydrogen-bond donors (Lipinski definition) is 0. The molecule has 0 spiro atoms. The first-order valence-corrected chi connectivity index (χ1v) is 9.21. The topological polar surface area (TPSA) is 109 Å². The maximum absolute atomic E-state index is 12.9. The predicted octanol–water partition coefficient (Wildman–Crippen LogP) is 3.20. The molecule has 2 rings (SSSR count). The van der Waals surface area contributed by atoms with Crippen LogP contribution in [0.25, 0.3) is 0 Å². The summed E-state index contributed by atoms with van der Waals surface area (Å²) in [5, 5.41) is 11.2. The Bertz CT molecular complexity index is 939. The van der Waals surface area contributed by atoms with Crippen LogP contribution in [0.1, 0.15) is 23.0 Å². The molecule has 8 nitrogen and oxygen atoms in total. The van der Waals surface area contributed by atoms with E-state index in [9.17, 15) is 23.3 Å². The van der Waals surface area contributed by atoms with E-state index in [1.54, 1.807) is 6.92 Å². The Balaban J connectivity index is 2.73. The smallest absolute Gasteiger partial charge is 0.356 e. The van der Waals surface area contributed by atoms with Gasteiger partial charge in [-0.05, 0) is 30.7 Å². The fourth-order valence-electron chi connectivity index (χ4n) is 2.07. The molecule has 0 saturated carbocycles. The third-order valence-electron chi connectivity index (χ3n) is 3.14. The van der Waals surface area contributed by atoms with E-state index in [0.29, 0.717) is 9.54 Å². The molecule has 0 bridgehead atoms. The summed E-state index contributed by atoms with van der Waals surface area (Å²) in [6.45, 7) is 1.58. The highest BCUT2D eigenvalue weighted by Crippen LogP contribution is 2.30. The van der Waals surface area contributed by atoms with Gasteiger partial charge in [-0.3, -0.25) is 10.1 Å².